The highest BCUT2D eigenvalue weighted by molar-refractivity contribution is 7.70. The Bertz CT molecular complexity index is 1490. The van der Waals surface area contributed by atoms with Gasteiger partial charge in [-0.05, 0) is 31.5 Å². The third kappa shape index (κ3) is 4.37. The molecule has 224 valence electrons. The van der Waals surface area contributed by atoms with E-state index in [4.69, 9.17) is 14.2 Å². The van der Waals surface area contributed by atoms with Gasteiger partial charge in [0.25, 0.3) is 0 Å². The number of piperazine rings is 1. The Morgan fingerprint density at radius 2 is 1.69 bits per heavy atom. The number of ether oxygens (including phenoxy) is 3. The normalized spacial score (nSPS) is 29.5. The fourth-order valence-corrected chi connectivity index (χ4v) is 8.13. The van der Waals surface area contributed by atoms with E-state index in [0.29, 0.717) is 23.4 Å². The number of aliphatic hydroxyl groups is 2. The van der Waals surface area contributed by atoms with Crippen molar-refractivity contribution in [3.63, 3.8) is 0 Å². The second-order valence-corrected chi connectivity index (χ2v) is 15.4. The molecule has 3 aliphatic rings. The minimum Gasteiger partial charge on any atom is -0.481 e. The Balaban J connectivity index is 1.60. The van der Waals surface area contributed by atoms with Gasteiger partial charge in [-0.15, -0.1) is 0 Å². The third-order valence-corrected chi connectivity index (χ3v) is 10.9. The predicted octanol–water partition coefficient (Wildman–Crippen LogP) is 2.84. The summed E-state index contributed by atoms with van der Waals surface area (Å²) in [6.45, 7) is 7.63. The molecular weight excluding hydrogens is 553 g/mol. The van der Waals surface area contributed by atoms with Crippen LogP contribution in [-0.2, 0) is 15.8 Å². The molecule has 1 aliphatic carbocycles. The summed E-state index contributed by atoms with van der Waals surface area (Å²) < 4.78 is 31.1. The van der Waals surface area contributed by atoms with Gasteiger partial charge in [0.1, 0.15) is 12.9 Å². The van der Waals surface area contributed by atoms with Crippen LogP contribution in [0.15, 0.2) is 60.7 Å². The number of aliphatic hydroxyl groups excluding tert-OH is 1. The average Bonchev–Trinajstić information content (AvgIpc) is 3.36. The Morgan fingerprint density at radius 1 is 1.02 bits per heavy atom. The van der Waals surface area contributed by atoms with Gasteiger partial charge in [-0.25, -0.2) is 0 Å². The highest BCUT2D eigenvalue weighted by Gasteiger charge is 2.77. The lowest BCUT2D eigenvalue weighted by molar-refractivity contribution is -0.152. The molecule has 0 bridgehead atoms. The molecule has 2 aromatic carbocycles. The second-order valence-electron chi connectivity index (χ2n) is 12.1. The summed E-state index contributed by atoms with van der Waals surface area (Å²) in [4.78, 5) is 9.15. The highest BCUT2D eigenvalue weighted by Crippen LogP contribution is 2.70. The van der Waals surface area contributed by atoms with E-state index in [9.17, 15) is 14.8 Å². The minimum absolute atomic E-state index is 0.142. The minimum atomic E-state index is -2.54. The van der Waals surface area contributed by atoms with Crippen LogP contribution in [0.5, 0.6) is 17.5 Å². The van der Waals surface area contributed by atoms with Crippen LogP contribution < -0.4 is 19.5 Å². The summed E-state index contributed by atoms with van der Waals surface area (Å²) in [5.41, 5.74) is -1.44. The van der Waals surface area contributed by atoms with E-state index in [1.54, 1.807) is 19.4 Å². The Labute approximate surface area is 247 Å². The molecular formula is C32H40N3O6P. The number of likely N-dealkylation sites (N-methyl/N-ethyl adjacent to an activating group) is 1. The number of fused-ring (bicyclic) bond motifs is 3. The zero-order valence-electron chi connectivity index (χ0n) is 24.9. The van der Waals surface area contributed by atoms with Crippen molar-refractivity contribution in [3.8, 4) is 17.5 Å². The van der Waals surface area contributed by atoms with Crippen LogP contribution in [0, 0.1) is 5.92 Å². The predicted molar refractivity (Wildman–Crippen MR) is 162 cm³/mol. The fraction of sp³-hybridized carbons (Fsp3) is 0.469. The quantitative estimate of drug-likeness (QED) is 0.400. The molecule has 0 amide bonds. The Morgan fingerprint density at radius 3 is 2.29 bits per heavy atom. The van der Waals surface area contributed by atoms with E-state index in [1.165, 1.54) is 14.2 Å². The molecule has 10 heteroatoms. The second kappa shape index (κ2) is 10.6. The van der Waals surface area contributed by atoms with Gasteiger partial charge < -0.3 is 38.8 Å². The van der Waals surface area contributed by atoms with Crippen molar-refractivity contribution in [2.24, 2.45) is 5.92 Å². The van der Waals surface area contributed by atoms with Crippen molar-refractivity contribution in [1.29, 1.82) is 0 Å². The molecule has 1 aromatic heterocycles. The van der Waals surface area contributed by atoms with E-state index >= 15 is 0 Å². The number of aromatic nitrogens is 1. The standard InChI is InChI=1S/C32H40N3O6P/c1-34-15-17-35(18-16-34)20-24-27(21-9-7-6-8-10-21)32(22-11-13-23(14-12-22)42(4,5)38)31(37,29(24)36)28-25(41-32)19-26(39-2)33-30(28)40-3/h6-14,19,24,27,29,36-37H,15-18,20H2,1-5H3/t24-,27-,29-,31+,32+/m1/s1. The maximum Gasteiger partial charge on any atom is 0.226 e. The van der Waals surface area contributed by atoms with Gasteiger partial charge in [0.2, 0.25) is 11.8 Å². The monoisotopic (exact) mass is 593 g/mol. The lowest BCUT2D eigenvalue weighted by Crippen LogP contribution is -2.52. The smallest absolute Gasteiger partial charge is 0.226 e. The van der Waals surface area contributed by atoms with E-state index in [0.717, 1.165) is 37.0 Å². The fourth-order valence-electron chi connectivity index (χ4n) is 7.26. The molecule has 3 aromatic rings. The first-order valence-corrected chi connectivity index (χ1v) is 17.0. The molecule has 2 aliphatic heterocycles. The molecule has 9 nitrogen and oxygen atoms in total. The molecule has 0 spiro atoms. The topological polar surface area (TPSA) is 105 Å². The summed E-state index contributed by atoms with van der Waals surface area (Å²) in [5, 5.41) is 26.3. The maximum absolute atomic E-state index is 13.1. The van der Waals surface area contributed by atoms with Crippen LogP contribution in [0.4, 0.5) is 0 Å². The highest BCUT2D eigenvalue weighted by atomic mass is 31.2. The number of methoxy groups -OCH3 is 2. The average molecular weight is 594 g/mol. The molecule has 2 fully saturated rings. The summed E-state index contributed by atoms with van der Waals surface area (Å²) >= 11 is 0. The molecule has 1 saturated carbocycles. The molecule has 1 saturated heterocycles. The largest absolute Gasteiger partial charge is 0.481 e. The van der Waals surface area contributed by atoms with Gasteiger partial charge in [0, 0.05) is 55.9 Å². The first-order chi connectivity index (χ1) is 20.0. The van der Waals surface area contributed by atoms with E-state index < -0.39 is 36.3 Å². The third-order valence-electron chi connectivity index (χ3n) is 9.39. The molecule has 0 radical (unpaired) electrons. The van der Waals surface area contributed by atoms with Crippen LogP contribution in [0.3, 0.4) is 0 Å². The number of hydrogen-bond acceptors (Lipinski definition) is 9. The van der Waals surface area contributed by atoms with Gasteiger partial charge in [0.15, 0.2) is 11.2 Å². The van der Waals surface area contributed by atoms with Crippen molar-refractivity contribution in [2.45, 2.75) is 23.2 Å². The van der Waals surface area contributed by atoms with Crippen LogP contribution in [-0.4, -0.2) is 98.4 Å². The Hall–Kier alpha value is -2.94. The zero-order chi connectivity index (χ0) is 29.9. The Kier molecular flexibility index (Phi) is 7.39. The molecule has 3 heterocycles. The van der Waals surface area contributed by atoms with E-state index in [2.05, 4.69) is 21.8 Å². The summed E-state index contributed by atoms with van der Waals surface area (Å²) in [6.07, 6.45) is -1.23. The number of nitrogens with zero attached hydrogens (tertiary/aromatic N) is 3. The van der Waals surface area contributed by atoms with Crippen molar-refractivity contribution in [3.05, 3.63) is 77.4 Å². The van der Waals surface area contributed by atoms with Crippen molar-refractivity contribution in [1.82, 2.24) is 14.8 Å². The zero-order valence-corrected chi connectivity index (χ0v) is 25.8. The molecule has 0 unspecified atom stereocenters. The number of pyridine rings is 1. The summed E-state index contributed by atoms with van der Waals surface area (Å²) in [6, 6.07) is 19.1. The molecule has 42 heavy (non-hydrogen) atoms. The summed E-state index contributed by atoms with van der Waals surface area (Å²) in [5.74, 6) is -0.0911. The maximum atomic E-state index is 13.1. The number of benzene rings is 2. The first-order valence-electron chi connectivity index (χ1n) is 14.4. The van der Waals surface area contributed by atoms with Gasteiger partial charge >= 0.3 is 0 Å². The van der Waals surface area contributed by atoms with Crippen LogP contribution >= 0.6 is 7.14 Å². The lowest BCUT2D eigenvalue weighted by atomic mass is 9.71. The van der Waals surface area contributed by atoms with Gasteiger partial charge in [-0.1, -0.05) is 54.6 Å². The van der Waals surface area contributed by atoms with E-state index in [1.807, 2.05) is 54.6 Å². The van der Waals surface area contributed by atoms with Crippen LogP contribution in [0.25, 0.3) is 0 Å². The molecule has 6 rings (SSSR count). The molecule has 2 N–H and O–H groups in total. The van der Waals surface area contributed by atoms with Gasteiger partial charge in [0.05, 0.1) is 25.9 Å². The van der Waals surface area contributed by atoms with Gasteiger partial charge in [-0.2, -0.15) is 4.98 Å². The molecule has 5 atom stereocenters. The van der Waals surface area contributed by atoms with Crippen molar-refractivity contribution in [2.75, 3.05) is 67.3 Å². The number of rotatable bonds is 7. The van der Waals surface area contributed by atoms with Crippen molar-refractivity contribution >= 4 is 12.4 Å². The van der Waals surface area contributed by atoms with Gasteiger partial charge in [-0.3, -0.25) is 0 Å². The first kappa shape index (κ1) is 29.1. The number of hydrogen-bond donors (Lipinski definition) is 2. The SMILES string of the molecule is COc1cc2c(c(OC)n1)[C@]1(O)[C@H](O)[C@H](CN3CCN(C)CC3)[C@@H](c3ccccc3)[C@]1(c1ccc(P(C)(C)=O)cc1)O2. The van der Waals surface area contributed by atoms with Crippen molar-refractivity contribution < 1.29 is 29.0 Å². The van der Waals surface area contributed by atoms with Crippen LogP contribution in [0.2, 0.25) is 0 Å². The summed E-state index contributed by atoms with van der Waals surface area (Å²) in [7, 11) is 2.57. The lowest BCUT2D eigenvalue weighted by Gasteiger charge is -2.41. The van der Waals surface area contributed by atoms with E-state index in [-0.39, 0.29) is 11.8 Å². The van der Waals surface area contributed by atoms with Crippen LogP contribution in [0.1, 0.15) is 22.6 Å².